The Hall–Kier alpha value is -0.650. The summed E-state index contributed by atoms with van der Waals surface area (Å²) in [6.07, 6.45) is 8.52. The minimum Gasteiger partial charge on any atom is -0.353 e. The first-order valence-electron chi connectivity index (χ1n) is 7.17. The summed E-state index contributed by atoms with van der Waals surface area (Å²) in [5, 5.41) is 2.94. The summed E-state index contributed by atoms with van der Waals surface area (Å²) in [5.41, 5.74) is 0. The van der Waals surface area contributed by atoms with Crippen LogP contribution in [0, 0.1) is 0 Å². The monoisotopic (exact) mass is 356 g/mol. The van der Waals surface area contributed by atoms with Gasteiger partial charge in [-0.2, -0.15) is 0 Å². The largest absolute Gasteiger partial charge is 0.353 e. The van der Waals surface area contributed by atoms with E-state index in [2.05, 4.69) is 26.1 Å². The molecule has 1 fully saturated rings. The van der Waals surface area contributed by atoms with Gasteiger partial charge in [-0.15, -0.1) is 11.3 Å². The molecule has 0 atom stereocenters. The maximum Gasteiger partial charge on any atom is 0.244 e. The van der Waals surface area contributed by atoms with Crippen molar-refractivity contribution in [1.82, 2.24) is 10.2 Å². The molecular weight excluding hydrogens is 336 g/mol. The molecule has 5 heteroatoms. The number of amides is 1. The van der Waals surface area contributed by atoms with E-state index in [1.54, 1.807) is 17.4 Å². The van der Waals surface area contributed by atoms with E-state index in [-0.39, 0.29) is 5.91 Å². The summed E-state index contributed by atoms with van der Waals surface area (Å²) in [4.78, 5) is 15.2. The normalized spacial score (nSPS) is 16.6. The quantitative estimate of drug-likeness (QED) is 0.624. The summed E-state index contributed by atoms with van der Waals surface area (Å²) >= 11 is 5.03. The Labute approximate surface area is 133 Å². The van der Waals surface area contributed by atoms with Gasteiger partial charge < -0.3 is 10.2 Å². The molecule has 1 aromatic rings. The lowest BCUT2D eigenvalue weighted by molar-refractivity contribution is -0.116. The second kappa shape index (κ2) is 8.60. The molecule has 0 bridgehead atoms. The van der Waals surface area contributed by atoms with E-state index in [4.69, 9.17) is 0 Å². The van der Waals surface area contributed by atoms with E-state index in [9.17, 15) is 4.79 Å². The van der Waals surface area contributed by atoms with Crippen LogP contribution in [0.4, 0.5) is 0 Å². The van der Waals surface area contributed by atoms with E-state index >= 15 is 0 Å². The van der Waals surface area contributed by atoms with Gasteiger partial charge in [0.15, 0.2) is 0 Å². The highest BCUT2D eigenvalue weighted by atomic mass is 79.9. The van der Waals surface area contributed by atoms with Crippen molar-refractivity contribution < 1.29 is 4.79 Å². The van der Waals surface area contributed by atoms with Gasteiger partial charge in [0.1, 0.15) is 0 Å². The van der Waals surface area contributed by atoms with Crippen molar-refractivity contribution in [2.24, 2.45) is 0 Å². The van der Waals surface area contributed by atoms with Crippen LogP contribution in [0.3, 0.4) is 0 Å². The lowest BCUT2D eigenvalue weighted by Gasteiger charge is -2.26. The van der Waals surface area contributed by atoms with Gasteiger partial charge in [-0.1, -0.05) is 6.42 Å². The number of carbonyl (C=O) groups excluding carboxylic acids is 1. The first kappa shape index (κ1) is 15.7. The molecule has 2 heterocycles. The van der Waals surface area contributed by atoms with Crippen LogP contribution >= 0.6 is 27.3 Å². The molecule has 0 saturated carbocycles. The number of piperidine rings is 1. The molecule has 1 aliphatic rings. The molecule has 110 valence electrons. The molecule has 1 aromatic heterocycles. The first-order valence-corrected chi connectivity index (χ1v) is 8.78. The van der Waals surface area contributed by atoms with Gasteiger partial charge in [0.05, 0.1) is 3.79 Å². The lowest BCUT2D eigenvalue weighted by atomic mass is 10.1. The lowest BCUT2D eigenvalue weighted by Crippen LogP contribution is -2.33. The van der Waals surface area contributed by atoms with Crippen LogP contribution in [0.1, 0.15) is 30.6 Å². The number of nitrogens with zero attached hydrogens (tertiary/aromatic N) is 1. The predicted octanol–water partition coefficient (Wildman–Crippen LogP) is 3.52. The Balaban J connectivity index is 1.59. The molecule has 20 heavy (non-hydrogen) atoms. The van der Waals surface area contributed by atoms with Gasteiger partial charge in [-0.25, -0.2) is 0 Å². The Bertz CT molecular complexity index is 452. The molecule has 0 unspecified atom stereocenters. The number of rotatable bonds is 6. The van der Waals surface area contributed by atoms with Crippen LogP contribution in [0.5, 0.6) is 0 Å². The molecule has 1 N–H and O–H groups in total. The summed E-state index contributed by atoms with van der Waals surface area (Å²) < 4.78 is 1.08. The highest BCUT2D eigenvalue weighted by Gasteiger charge is 2.08. The van der Waals surface area contributed by atoms with Gasteiger partial charge >= 0.3 is 0 Å². The van der Waals surface area contributed by atoms with Crippen molar-refractivity contribution in [3.05, 3.63) is 26.9 Å². The van der Waals surface area contributed by atoms with Gasteiger partial charge in [0.25, 0.3) is 0 Å². The molecule has 0 aromatic carbocycles. The molecule has 2 rings (SSSR count). The van der Waals surface area contributed by atoms with Crippen LogP contribution in [0.15, 0.2) is 22.0 Å². The van der Waals surface area contributed by atoms with Gasteiger partial charge in [-0.3, -0.25) is 4.79 Å². The van der Waals surface area contributed by atoms with Gasteiger partial charge in [0, 0.05) is 17.5 Å². The van der Waals surface area contributed by atoms with E-state index in [0.29, 0.717) is 0 Å². The van der Waals surface area contributed by atoms with Crippen molar-refractivity contribution in [2.75, 3.05) is 26.2 Å². The third-order valence-electron chi connectivity index (χ3n) is 3.39. The van der Waals surface area contributed by atoms with E-state index in [0.717, 1.165) is 28.2 Å². The maximum atomic E-state index is 11.7. The first-order chi connectivity index (χ1) is 9.74. The third kappa shape index (κ3) is 5.77. The molecule has 1 aliphatic heterocycles. The second-order valence-corrected chi connectivity index (χ2v) is 7.52. The van der Waals surface area contributed by atoms with Crippen LogP contribution in [0.2, 0.25) is 0 Å². The molecule has 0 radical (unpaired) electrons. The van der Waals surface area contributed by atoms with Gasteiger partial charge in [-0.05, 0) is 73.0 Å². The number of likely N-dealkylation sites (tertiary alicyclic amines) is 1. The molecule has 0 aliphatic carbocycles. The molecule has 1 saturated heterocycles. The van der Waals surface area contributed by atoms with Crippen LogP contribution in [-0.2, 0) is 4.79 Å². The van der Waals surface area contributed by atoms with Gasteiger partial charge in [0.2, 0.25) is 5.91 Å². The number of hydrogen-bond acceptors (Lipinski definition) is 3. The summed E-state index contributed by atoms with van der Waals surface area (Å²) in [7, 11) is 0. The number of halogens is 1. The summed E-state index contributed by atoms with van der Waals surface area (Å²) in [5.74, 6) is -0.00633. The number of carbonyl (C=O) groups is 1. The van der Waals surface area contributed by atoms with Crippen molar-refractivity contribution in [3.8, 4) is 0 Å². The highest BCUT2D eigenvalue weighted by Crippen LogP contribution is 2.22. The third-order valence-corrected chi connectivity index (χ3v) is 4.98. The standard InChI is InChI=1S/C15H21BrN2OS/c16-14-7-5-13(20-14)6-8-15(19)17-9-4-12-18-10-2-1-3-11-18/h5-8H,1-4,9-12H2,(H,17,19)/b8-6+. The Morgan fingerprint density at radius 3 is 2.85 bits per heavy atom. The smallest absolute Gasteiger partial charge is 0.244 e. The van der Waals surface area contributed by atoms with E-state index in [1.165, 1.54) is 32.4 Å². The summed E-state index contributed by atoms with van der Waals surface area (Å²) in [6.45, 7) is 4.30. The van der Waals surface area contributed by atoms with Crippen LogP contribution < -0.4 is 5.32 Å². The molecule has 1 amide bonds. The molecule has 3 nitrogen and oxygen atoms in total. The minimum absolute atomic E-state index is 0.00633. The van der Waals surface area contributed by atoms with Crippen molar-refractivity contribution in [1.29, 1.82) is 0 Å². The van der Waals surface area contributed by atoms with Crippen molar-refractivity contribution >= 4 is 39.2 Å². The highest BCUT2D eigenvalue weighted by molar-refractivity contribution is 9.11. The van der Waals surface area contributed by atoms with E-state index in [1.807, 2.05) is 18.2 Å². The molecule has 0 spiro atoms. The zero-order valence-corrected chi connectivity index (χ0v) is 14.0. The number of nitrogens with one attached hydrogen (secondary N) is 1. The number of thiophene rings is 1. The average Bonchev–Trinajstić information content (AvgIpc) is 2.88. The maximum absolute atomic E-state index is 11.7. The topological polar surface area (TPSA) is 32.3 Å². The number of hydrogen-bond donors (Lipinski definition) is 1. The summed E-state index contributed by atoms with van der Waals surface area (Å²) in [6, 6.07) is 3.98. The Kier molecular flexibility index (Phi) is 6.76. The fourth-order valence-electron chi connectivity index (χ4n) is 2.33. The fraction of sp³-hybridized carbons (Fsp3) is 0.533. The average molecular weight is 357 g/mol. The Morgan fingerprint density at radius 1 is 1.35 bits per heavy atom. The molecular formula is C15H21BrN2OS. The van der Waals surface area contributed by atoms with E-state index < -0.39 is 0 Å². The fourth-order valence-corrected chi connectivity index (χ4v) is 3.66. The zero-order chi connectivity index (χ0) is 14.2. The SMILES string of the molecule is O=C(/C=C/c1ccc(Br)s1)NCCCN1CCCCC1. The Morgan fingerprint density at radius 2 is 2.15 bits per heavy atom. The zero-order valence-electron chi connectivity index (χ0n) is 11.6. The van der Waals surface area contributed by atoms with Crippen molar-refractivity contribution in [2.45, 2.75) is 25.7 Å². The second-order valence-electron chi connectivity index (χ2n) is 5.02. The van der Waals surface area contributed by atoms with Crippen LogP contribution in [-0.4, -0.2) is 37.0 Å². The predicted molar refractivity (Wildman–Crippen MR) is 89.0 cm³/mol. The van der Waals surface area contributed by atoms with Crippen molar-refractivity contribution in [3.63, 3.8) is 0 Å². The minimum atomic E-state index is -0.00633. The van der Waals surface area contributed by atoms with Crippen LogP contribution in [0.25, 0.3) is 6.08 Å².